The van der Waals surface area contributed by atoms with Crippen molar-refractivity contribution < 1.29 is 14.3 Å². The molecule has 8 heteroatoms. The number of aromatic nitrogens is 1. The molecule has 162 valence electrons. The van der Waals surface area contributed by atoms with Crippen LogP contribution in [0.1, 0.15) is 40.9 Å². The van der Waals surface area contributed by atoms with Gasteiger partial charge in [-0.25, -0.2) is 4.79 Å². The molecule has 2 aromatic carbocycles. The summed E-state index contributed by atoms with van der Waals surface area (Å²) in [5.74, 6) is 0.512. The Labute approximate surface area is 193 Å². The fourth-order valence-electron chi connectivity index (χ4n) is 4.31. The van der Waals surface area contributed by atoms with Gasteiger partial charge in [0, 0.05) is 41.0 Å². The van der Waals surface area contributed by atoms with Gasteiger partial charge in [-0.05, 0) is 55.0 Å². The first-order valence-electron chi connectivity index (χ1n) is 10.3. The Kier molecular flexibility index (Phi) is 5.09. The SMILES string of the molecule is C[C@@]12C[C@@H](NC(=O)N1c1cccc(C(=O)NCc3cccnc3)c1)c1cc(Br)ccc1O2. The van der Waals surface area contributed by atoms with Crippen LogP contribution in [0, 0.1) is 0 Å². The second kappa shape index (κ2) is 7.94. The normalized spacial score (nSPS) is 21.2. The molecule has 1 aromatic heterocycles. The third-order valence-corrected chi connectivity index (χ3v) is 6.27. The Hall–Kier alpha value is -3.39. The second-order valence-electron chi connectivity index (χ2n) is 8.10. The number of ether oxygens (including phenoxy) is 1. The highest BCUT2D eigenvalue weighted by molar-refractivity contribution is 9.10. The van der Waals surface area contributed by atoms with Crippen LogP contribution < -0.4 is 20.3 Å². The Morgan fingerprint density at radius 1 is 1.28 bits per heavy atom. The van der Waals surface area contributed by atoms with Crippen molar-refractivity contribution in [3.8, 4) is 5.75 Å². The van der Waals surface area contributed by atoms with Gasteiger partial charge in [0.05, 0.1) is 11.7 Å². The third-order valence-electron chi connectivity index (χ3n) is 5.78. The number of carbonyl (C=O) groups is 2. The van der Waals surface area contributed by atoms with E-state index in [-0.39, 0.29) is 18.0 Å². The maximum atomic E-state index is 13.1. The molecule has 1 saturated heterocycles. The van der Waals surface area contributed by atoms with E-state index in [1.54, 1.807) is 35.5 Å². The van der Waals surface area contributed by atoms with Crippen LogP contribution in [0.25, 0.3) is 0 Å². The van der Waals surface area contributed by atoms with Crippen molar-refractivity contribution in [2.75, 3.05) is 4.90 Å². The molecule has 2 aliphatic rings. The molecule has 0 unspecified atom stereocenters. The van der Waals surface area contributed by atoms with Gasteiger partial charge in [-0.3, -0.25) is 14.7 Å². The molecule has 2 bridgehead atoms. The number of hydrogen-bond donors (Lipinski definition) is 2. The van der Waals surface area contributed by atoms with Crippen LogP contribution in [-0.4, -0.2) is 22.6 Å². The van der Waals surface area contributed by atoms with Crippen LogP contribution in [0.4, 0.5) is 10.5 Å². The van der Waals surface area contributed by atoms with E-state index in [1.807, 2.05) is 43.3 Å². The summed E-state index contributed by atoms with van der Waals surface area (Å²) in [6.45, 7) is 2.27. The maximum Gasteiger partial charge on any atom is 0.325 e. The Bertz CT molecular complexity index is 1200. The molecule has 0 aliphatic carbocycles. The number of pyridine rings is 1. The highest BCUT2D eigenvalue weighted by Crippen LogP contribution is 2.46. The number of amides is 3. The van der Waals surface area contributed by atoms with Crippen LogP contribution in [0.2, 0.25) is 0 Å². The van der Waals surface area contributed by atoms with Crippen molar-refractivity contribution in [3.05, 3.63) is 88.2 Å². The van der Waals surface area contributed by atoms with Gasteiger partial charge < -0.3 is 15.4 Å². The lowest BCUT2D eigenvalue weighted by Crippen LogP contribution is -2.65. The van der Waals surface area contributed by atoms with Crippen LogP contribution in [0.15, 0.2) is 71.5 Å². The molecular formula is C24H21BrN4O3. The molecule has 0 spiro atoms. The third kappa shape index (κ3) is 3.71. The molecule has 3 heterocycles. The second-order valence-corrected chi connectivity index (χ2v) is 9.01. The topological polar surface area (TPSA) is 83.6 Å². The van der Waals surface area contributed by atoms with Crippen molar-refractivity contribution in [3.63, 3.8) is 0 Å². The summed E-state index contributed by atoms with van der Waals surface area (Å²) in [4.78, 5) is 31.5. The van der Waals surface area contributed by atoms with Crippen molar-refractivity contribution in [1.82, 2.24) is 15.6 Å². The molecular weight excluding hydrogens is 472 g/mol. The van der Waals surface area contributed by atoms with Crippen molar-refractivity contribution in [2.24, 2.45) is 0 Å². The first kappa shape index (κ1) is 20.5. The lowest BCUT2D eigenvalue weighted by Gasteiger charge is -2.50. The maximum absolute atomic E-state index is 13.1. The molecule has 3 aromatic rings. The fraction of sp³-hybridized carbons (Fsp3) is 0.208. The van der Waals surface area contributed by atoms with Crippen molar-refractivity contribution in [2.45, 2.75) is 31.7 Å². The summed E-state index contributed by atoms with van der Waals surface area (Å²) in [6.07, 6.45) is 3.98. The van der Waals surface area contributed by atoms with Crippen molar-refractivity contribution in [1.29, 1.82) is 0 Å². The number of urea groups is 1. The van der Waals surface area contributed by atoms with Crippen LogP contribution >= 0.6 is 15.9 Å². The fourth-order valence-corrected chi connectivity index (χ4v) is 4.69. The highest BCUT2D eigenvalue weighted by Gasteiger charge is 2.49. The zero-order valence-electron chi connectivity index (χ0n) is 17.3. The Morgan fingerprint density at radius 2 is 2.16 bits per heavy atom. The quantitative estimate of drug-likeness (QED) is 0.559. The molecule has 1 fully saturated rings. The Balaban J connectivity index is 1.41. The zero-order chi connectivity index (χ0) is 22.3. The Morgan fingerprint density at radius 3 is 2.97 bits per heavy atom. The van der Waals surface area contributed by atoms with E-state index in [1.165, 1.54) is 0 Å². The van der Waals surface area contributed by atoms with E-state index in [0.717, 1.165) is 21.3 Å². The van der Waals surface area contributed by atoms with Gasteiger partial charge in [-0.2, -0.15) is 0 Å². The van der Waals surface area contributed by atoms with E-state index in [2.05, 4.69) is 31.5 Å². The van der Waals surface area contributed by atoms with E-state index in [4.69, 9.17) is 4.74 Å². The number of benzene rings is 2. The number of carbonyl (C=O) groups excluding carboxylic acids is 2. The summed E-state index contributed by atoms with van der Waals surface area (Å²) in [7, 11) is 0. The minimum absolute atomic E-state index is 0.143. The first-order chi connectivity index (χ1) is 15.4. The molecule has 2 N–H and O–H groups in total. The number of halogens is 1. The summed E-state index contributed by atoms with van der Waals surface area (Å²) in [5, 5.41) is 5.97. The van der Waals surface area contributed by atoms with Gasteiger partial charge in [0.25, 0.3) is 5.91 Å². The van der Waals surface area contributed by atoms with E-state index >= 15 is 0 Å². The van der Waals surface area contributed by atoms with E-state index < -0.39 is 5.72 Å². The van der Waals surface area contributed by atoms with Gasteiger partial charge in [-0.1, -0.05) is 28.1 Å². The molecule has 7 nitrogen and oxygen atoms in total. The number of hydrogen-bond acceptors (Lipinski definition) is 4. The summed E-state index contributed by atoms with van der Waals surface area (Å²) >= 11 is 3.49. The molecule has 3 amide bonds. The standard InChI is InChI=1S/C24H21BrN4O3/c1-24-12-20(19-11-17(25)7-8-21(19)32-24)28-23(31)29(24)18-6-2-5-16(10-18)22(30)27-14-15-4-3-9-26-13-15/h2-11,13,20H,12,14H2,1H3,(H,27,30)(H,28,31)/t20-,24-/m1/s1. The van der Waals surface area contributed by atoms with E-state index in [0.29, 0.717) is 24.2 Å². The van der Waals surface area contributed by atoms with Gasteiger partial charge in [0.1, 0.15) is 5.75 Å². The lowest BCUT2D eigenvalue weighted by atomic mass is 9.90. The number of fused-ring (bicyclic) bond motifs is 4. The minimum atomic E-state index is -0.876. The predicted molar refractivity (Wildman–Crippen MR) is 123 cm³/mol. The largest absolute Gasteiger partial charge is 0.467 e. The molecule has 2 atom stereocenters. The molecule has 0 saturated carbocycles. The molecule has 5 rings (SSSR count). The minimum Gasteiger partial charge on any atom is -0.467 e. The zero-order valence-corrected chi connectivity index (χ0v) is 18.9. The first-order valence-corrected chi connectivity index (χ1v) is 11.1. The van der Waals surface area contributed by atoms with E-state index in [9.17, 15) is 9.59 Å². The van der Waals surface area contributed by atoms with Gasteiger partial charge in [0.15, 0.2) is 5.72 Å². The van der Waals surface area contributed by atoms with Gasteiger partial charge >= 0.3 is 6.03 Å². The number of anilines is 1. The van der Waals surface area contributed by atoms with Gasteiger partial charge in [0.2, 0.25) is 0 Å². The summed E-state index contributed by atoms with van der Waals surface area (Å²) < 4.78 is 7.26. The average Bonchev–Trinajstić information content (AvgIpc) is 2.78. The van der Waals surface area contributed by atoms with Gasteiger partial charge in [-0.15, -0.1) is 0 Å². The van der Waals surface area contributed by atoms with Crippen LogP contribution in [0.5, 0.6) is 5.75 Å². The monoisotopic (exact) mass is 492 g/mol. The molecule has 0 radical (unpaired) electrons. The number of nitrogens with one attached hydrogen (secondary N) is 2. The van der Waals surface area contributed by atoms with Crippen LogP contribution in [-0.2, 0) is 6.54 Å². The average molecular weight is 493 g/mol. The van der Waals surface area contributed by atoms with Crippen LogP contribution in [0.3, 0.4) is 0 Å². The lowest BCUT2D eigenvalue weighted by molar-refractivity contribution is 0.0378. The smallest absolute Gasteiger partial charge is 0.325 e. The molecule has 2 aliphatic heterocycles. The molecule has 32 heavy (non-hydrogen) atoms. The summed E-state index contributed by atoms with van der Waals surface area (Å²) in [5.41, 5.74) is 2.04. The number of rotatable bonds is 4. The summed E-state index contributed by atoms with van der Waals surface area (Å²) in [6, 6.07) is 16.1. The highest BCUT2D eigenvalue weighted by atomic mass is 79.9. The van der Waals surface area contributed by atoms with Crippen molar-refractivity contribution >= 4 is 33.6 Å². The predicted octanol–water partition coefficient (Wildman–Crippen LogP) is 4.54. The number of nitrogens with zero attached hydrogens (tertiary/aromatic N) is 2.